The van der Waals surface area contributed by atoms with Gasteiger partial charge in [-0.3, -0.25) is 9.59 Å². The van der Waals surface area contributed by atoms with Crippen molar-refractivity contribution in [2.45, 2.75) is 39.3 Å². The first kappa shape index (κ1) is 19.0. The van der Waals surface area contributed by atoms with Gasteiger partial charge in [-0.15, -0.1) is 0 Å². The van der Waals surface area contributed by atoms with Crippen molar-refractivity contribution in [2.75, 3.05) is 26.3 Å². The van der Waals surface area contributed by atoms with Crippen LogP contribution in [0.25, 0.3) is 0 Å². The third-order valence-corrected chi connectivity index (χ3v) is 5.42. The van der Waals surface area contributed by atoms with E-state index in [4.69, 9.17) is 21.1 Å². The number of fused-ring (bicyclic) bond motifs is 3. The van der Waals surface area contributed by atoms with Crippen LogP contribution in [0.15, 0.2) is 12.1 Å². The van der Waals surface area contributed by atoms with E-state index >= 15 is 0 Å². The van der Waals surface area contributed by atoms with Gasteiger partial charge in [0, 0.05) is 18.1 Å². The number of nitrogens with one attached hydrogen (secondary N) is 1. The lowest BCUT2D eigenvalue weighted by Crippen LogP contribution is -2.53. The fourth-order valence-corrected chi connectivity index (χ4v) is 3.59. The molecule has 2 amide bonds. The predicted molar refractivity (Wildman–Crippen MR) is 98.5 cm³/mol. The highest BCUT2D eigenvalue weighted by atomic mass is 35.5. The van der Waals surface area contributed by atoms with Gasteiger partial charge in [-0.05, 0) is 51.0 Å². The highest BCUT2D eigenvalue weighted by Crippen LogP contribution is 2.29. The number of benzene rings is 1. The Kier molecular flexibility index (Phi) is 5.17. The number of amides is 2. The van der Waals surface area contributed by atoms with Gasteiger partial charge in [-0.2, -0.15) is 0 Å². The molecule has 2 bridgehead atoms. The second kappa shape index (κ2) is 7.08. The summed E-state index contributed by atoms with van der Waals surface area (Å²) >= 11 is 6.21. The summed E-state index contributed by atoms with van der Waals surface area (Å²) in [6.07, 6.45) is 0. The summed E-state index contributed by atoms with van der Waals surface area (Å²) in [5.74, 6) is 0.0687. The van der Waals surface area contributed by atoms with E-state index in [1.54, 1.807) is 18.7 Å². The minimum Gasteiger partial charge on any atom is -0.478 e. The maximum Gasteiger partial charge on any atom is 0.266 e. The Balaban J connectivity index is 1.78. The van der Waals surface area contributed by atoms with Gasteiger partial charge in [0.25, 0.3) is 5.91 Å². The fourth-order valence-electron chi connectivity index (χ4n) is 3.48. The third-order valence-electron chi connectivity index (χ3n) is 4.82. The van der Waals surface area contributed by atoms with Gasteiger partial charge in [0.1, 0.15) is 5.75 Å². The minimum atomic E-state index is -1.06. The van der Waals surface area contributed by atoms with Crippen molar-refractivity contribution in [1.29, 1.82) is 0 Å². The van der Waals surface area contributed by atoms with Crippen LogP contribution in [0.2, 0.25) is 5.02 Å². The first-order valence-corrected chi connectivity index (χ1v) is 9.18. The van der Waals surface area contributed by atoms with Gasteiger partial charge in [0.15, 0.2) is 5.60 Å². The monoisotopic (exact) mass is 380 g/mol. The van der Waals surface area contributed by atoms with E-state index < -0.39 is 5.60 Å². The molecule has 2 fully saturated rings. The molecule has 0 radical (unpaired) electrons. The molecular formula is C19H25ClN2O4. The van der Waals surface area contributed by atoms with E-state index in [1.807, 2.05) is 26.0 Å². The molecule has 0 saturated carbocycles. The zero-order valence-corrected chi connectivity index (χ0v) is 16.4. The maximum absolute atomic E-state index is 13.1. The smallest absolute Gasteiger partial charge is 0.266 e. The fraction of sp³-hybridized carbons (Fsp3) is 0.579. The number of halogens is 1. The Labute approximate surface area is 158 Å². The summed E-state index contributed by atoms with van der Waals surface area (Å²) < 4.78 is 11.6. The summed E-state index contributed by atoms with van der Waals surface area (Å²) in [5.41, 5.74) is 0.747. The van der Waals surface area contributed by atoms with Crippen molar-refractivity contribution in [1.82, 2.24) is 10.2 Å². The molecule has 2 aliphatic rings. The SMILES string of the molecule is Cc1cc(OC(C)(C)C(=O)N2C[C@H]3COC[C@@H](C2)C(=O)N3)cc(C)c1Cl. The molecule has 0 unspecified atom stereocenters. The number of hydrogen-bond acceptors (Lipinski definition) is 4. The van der Waals surface area contributed by atoms with E-state index in [-0.39, 0.29) is 23.8 Å². The molecule has 1 aromatic carbocycles. The lowest BCUT2D eigenvalue weighted by molar-refractivity contribution is -0.147. The van der Waals surface area contributed by atoms with Crippen LogP contribution in [0.1, 0.15) is 25.0 Å². The van der Waals surface area contributed by atoms with E-state index in [9.17, 15) is 9.59 Å². The molecule has 26 heavy (non-hydrogen) atoms. The van der Waals surface area contributed by atoms with Crippen LogP contribution in [0.3, 0.4) is 0 Å². The molecule has 0 aromatic heterocycles. The molecule has 0 spiro atoms. The molecule has 2 aliphatic heterocycles. The van der Waals surface area contributed by atoms with Gasteiger partial charge in [0.05, 0.1) is 25.2 Å². The lowest BCUT2D eigenvalue weighted by atomic mass is 10.0. The van der Waals surface area contributed by atoms with Crippen LogP contribution in [0.4, 0.5) is 0 Å². The third kappa shape index (κ3) is 3.81. The highest BCUT2D eigenvalue weighted by Gasteiger charge is 2.41. The Morgan fingerprint density at radius 2 is 1.92 bits per heavy atom. The van der Waals surface area contributed by atoms with E-state index in [0.29, 0.717) is 37.1 Å². The van der Waals surface area contributed by atoms with Gasteiger partial charge in [-0.1, -0.05) is 11.6 Å². The first-order valence-electron chi connectivity index (χ1n) is 8.80. The number of carbonyl (C=O) groups excluding carboxylic acids is 2. The Morgan fingerprint density at radius 1 is 1.27 bits per heavy atom. The molecule has 2 heterocycles. The average Bonchev–Trinajstić information content (AvgIpc) is 2.79. The largest absolute Gasteiger partial charge is 0.478 e. The summed E-state index contributed by atoms with van der Waals surface area (Å²) in [7, 11) is 0. The quantitative estimate of drug-likeness (QED) is 0.871. The Morgan fingerprint density at radius 3 is 2.58 bits per heavy atom. The zero-order chi connectivity index (χ0) is 19.1. The van der Waals surface area contributed by atoms with Crippen LogP contribution < -0.4 is 10.1 Å². The number of rotatable bonds is 3. The van der Waals surface area contributed by atoms with Crippen LogP contribution in [0, 0.1) is 19.8 Å². The number of aryl methyl sites for hydroxylation is 2. The molecule has 2 saturated heterocycles. The summed E-state index contributed by atoms with van der Waals surface area (Å²) in [6.45, 7) is 8.83. The summed E-state index contributed by atoms with van der Waals surface area (Å²) in [4.78, 5) is 27.0. The van der Waals surface area contributed by atoms with E-state index in [0.717, 1.165) is 11.1 Å². The first-order chi connectivity index (χ1) is 12.2. The molecular weight excluding hydrogens is 356 g/mol. The van der Waals surface area contributed by atoms with Crippen molar-refractivity contribution in [3.63, 3.8) is 0 Å². The second-order valence-corrected chi connectivity index (χ2v) is 8.01. The number of ether oxygens (including phenoxy) is 2. The van der Waals surface area contributed by atoms with E-state index in [2.05, 4.69) is 5.32 Å². The van der Waals surface area contributed by atoms with Gasteiger partial charge in [0.2, 0.25) is 5.91 Å². The van der Waals surface area contributed by atoms with Crippen LogP contribution >= 0.6 is 11.6 Å². The van der Waals surface area contributed by atoms with Crippen molar-refractivity contribution in [3.8, 4) is 5.75 Å². The highest BCUT2D eigenvalue weighted by molar-refractivity contribution is 6.32. The van der Waals surface area contributed by atoms with Crippen molar-refractivity contribution in [3.05, 3.63) is 28.3 Å². The molecule has 0 aliphatic carbocycles. The lowest BCUT2D eigenvalue weighted by Gasteiger charge is -2.34. The standard InChI is InChI=1S/C19H25ClN2O4/c1-11-5-15(6-12(2)16(11)20)26-19(3,4)18(24)22-7-13-9-25-10-14(8-22)21-17(13)23/h5-6,13-14H,7-10H2,1-4H3,(H,21,23)/t13-,14+/m1/s1. The Bertz CT molecular complexity index is 711. The normalized spacial score (nSPS) is 23.3. The summed E-state index contributed by atoms with van der Waals surface area (Å²) in [6, 6.07) is 3.48. The van der Waals surface area contributed by atoms with Crippen molar-refractivity contribution in [2.24, 2.45) is 5.92 Å². The average molecular weight is 381 g/mol. The second-order valence-electron chi connectivity index (χ2n) is 7.63. The van der Waals surface area contributed by atoms with Crippen molar-refractivity contribution >= 4 is 23.4 Å². The molecule has 142 valence electrons. The maximum atomic E-state index is 13.1. The minimum absolute atomic E-state index is 0.0505. The van der Waals surface area contributed by atoms with E-state index in [1.165, 1.54) is 0 Å². The van der Waals surface area contributed by atoms with Gasteiger partial charge < -0.3 is 19.7 Å². The predicted octanol–water partition coefficient (Wildman–Crippen LogP) is 2.09. The van der Waals surface area contributed by atoms with Gasteiger partial charge in [-0.25, -0.2) is 0 Å². The van der Waals surface area contributed by atoms with Gasteiger partial charge >= 0.3 is 0 Å². The molecule has 2 atom stereocenters. The van der Waals surface area contributed by atoms with Crippen LogP contribution in [0.5, 0.6) is 5.75 Å². The number of hydrogen-bond donors (Lipinski definition) is 1. The topological polar surface area (TPSA) is 67.9 Å². The van der Waals surface area contributed by atoms with Crippen LogP contribution in [-0.2, 0) is 14.3 Å². The van der Waals surface area contributed by atoms with Crippen LogP contribution in [-0.4, -0.2) is 54.7 Å². The molecule has 1 aromatic rings. The number of nitrogens with zero attached hydrogens (tertiary/aromatic N) is 1. The summed E-state index contributed by atoms with van der Waals surface area (Å²) in [5, 5.41) is 3.64. The number of carbonyl (C=O) groups is 2. The van der Waals surface area contributed by atoms with Crippen molar-refractivity contribution < 1.29 is 19.1 Å². The molecule has 7 heteroatoms. The zero-order valence-electron chi connectivity index (χ0n) is 15.6. The molecule has 3 rings (SSSR count). The molecule has 1 N–H and O–H groups in total. The Hall–Kier alpha value is -1.79. The molecule has 6 nitrogen and oxygen atoms in total.